The van der Waals surface area contributed by atoms with E-state index in [-0.39, 0.29) is 18.0 Å². The lowest BCUT2D eigenvalue weighted by atomic mass is 10.1. The van der Waals surface area contributed by atoms with Crippen LogP contribution in [0, 0.1) is 6.92 Å². The van der Waals surface area contributed by atoms with Crippen molar-refractivity contribution in [2.45, 2.75) is 13.5 Å². The van der Waals surface area contributed by atoms with E-state index < -0.39 is 5.97 Å². The number of carboxylic acid groups (broad SMARTS) is 1. The zero-order valence-corrected chi connectivity index (χ0v) is 10.3. The van der Waals surface area contributed by atoms with Crippen LogP contribution >= 0.6 is 0 Å². The first-order chi connectivity index (χ1) is 9.08. The fourth-order valence-electron chi connectivity index (χ4n) is 1.71. The van der Waals surface area contributed by atoms with Gasteiger partial charge in [0.25, 0.3) is 5.91 Å². The average Bonchev–Trinajstić information content (AvgIpc) is 2.82. The number of rotatable bonds is 4. The Morgan fingerprint density at radius 2 is 2.11 bits per heavy atom. The van der Waals surface area contributed by atoms with Gasteiger partial charge < -0.3 is 14.8 Å². The van der Waals surface area contributed by atoms with Gasteiger partial charge in [-0.05, 0) is 30.7 Å². The first kappa shape index (κ1) is 12.9. The van der Waals surface area contributed by atoms with Gasteiger partial charge in [-0.25, -0.2) is 4.79 Å². The first-order valence-corrected chi connectivity index (χ1v) is 5.72. The molecule has 0 saturated carbocycles. The number of aryl methyl sites for hydroxylation is 1. The number of hydrogen-bond donors (Lipinski definition) is 2. The van der Waals surface area contributed by atoms with E-state index in [2.05, 4.69) is 5.32 Å². The minimum absolute atomic E-state index is 0.200. The third-order valence-corrected chi connectivity index (χ3v) is 2.73. The van der Waals surface area contributed by atoms with E-state index in [0.29, 0.717) is 11.3 Å². The fourth-order valence-corrected chi connectivity index (χ4v) is 1.71. The topological polar surface area (TPSA) is 79.5 Å². The third-order valence-electron chi connectivity index (χ3n) is 2.73. The molecule has 0 aliphatic carbocycles. The van der Waals surface area contributed by atoms with Crippen LogP contribution in [0.4, 0.5) is 0 Å². The fraction of sp³-hybridized carbons (Fsp3) is 0.143. The molecule has 5 nitrogen and oxygen atoms in total. The van der Waals surface area contributed by atoms with E-state index in [1.165, 1.54) is 18.4 Å². The standard InChI is InChI=1S/C14H13NO4/c1-9-12(5-6-19-9)13(16)15-8-10-3-2-4-11(7-10)14(17)18/h2-7H,8H2,1H3,(H,15,16)(H,17,18). The molecule has 2 aromatic rings. The smallest absolute Gasteiger partial charge is 0.335 e. The number of aromatic carboxylic acids is 1. The zero-order valence-electron chi connectivity index (χ0n) is 10.3. The predicted molar refractivity (Wildman–Crippen MR) is 68.0 cm³/mol. The van der Waals surface area contributed by atoms with Crippen molar-refractivity contribution in [3.8, 4) is 0 Å². The molecule has 0 unspecified atom stereocenters. The number of hydrogen-bond acceptors (Lipinski definition) is 3. The van der Waals surface area contributed by atoms with E-state index in [4.69, 9.17) is 9.52 Å². The maximum Gasteiger partial charge on any atom is 0.335 e. The van der Waals surface area contributed by atoms with Gasteiger partial charge in [-0.3, -0.25) is 4.79 Å². The molecule has 0 spiro atoms. The second-order valence-corrected chi connectivity index (χ2v) is 4.08. The van der Waals surface area contributed by atoms with Crippen LogP contribution in [0.15, 0.2) is 41.0 Å². The first-order valence-electron chi connectivity index (χ1n) is 5.72. The van der Waals surface area contributed by atoms with E-state index in [1.54, 1.807) is 25.1 Å². The van der Waals surface area contributed by atoms with Crippen LogP contribution in [0.2, 0.25) is 0 Å². The number of amides is 1. The summed E-state index contributed by atoms with van der Waals surface area (Å²) in [4.78, 5) is 22.7. The highest BCUT2D eigenvalue weighted by atomic mass is 16.4. The summed E-state index contributed by atoms with van der Waals surface area (Å²) in [6, 6.07) is 8.04. The molecule has 19 heavy (non-hydrogen) atoms. The van der Waals surface area contributed by atoms with Crippen LogP contribution < -0.4 is 5.32 Å². The maximum atomic E-state index is 11.8. The number of carbonyl (C=O) groups excluding carboxylic acids is 1. The van der Waals surface area contributed by atoms with E-state index in [1.807, 2.05) is 0 Å². The molecule has 1 heterocycles. The largest absolute Gasteiger partial charge is 0.478 e. The van der Waals surface area contributed by atoms with Gasteiger partial charge in [-0.2, -0.15) is 0 Å². The molecule has 0 fully saturated rings. The lowest BCUT2D eigenvalue weighted by Crippen LogP contribution is -2.23. The SMILES string of the molecule is Cc1occc1C(=O)NCc1cccc(C(=O)O)c1. The monoisotopic (exact) mass is 259 g/mol. The van der Waals surface area contributed by atoms with Gasteiger partial charge in [-0.15, -0.1) is 0 Å². The number of furan rings is 1. The summed E-state index contributed by atoms with van der Waals surface area (Å²) in [6.45, 7) is 1.98. The Hall–Kier alpha value is -2.56. The Morgan fingerprint density at radius 1 is 1.32 bits per heavy atom. The van der Waals surface area contributed by atoms with E-state index in [9.17, 15) is 9.59 Å². The maximum absolute atomic E-state index is 11.8. The van der Waals surface area contributed by atoms with Gasteiger partial charge in [-0.1, -0.05) is 12.1 Å². The number of benzene rings is 1. The summed E-state index contributed by atoms with van der Waals surface area (Å²) < 4.78 is 5.05. The molecule has 98 valence electrons. The van der Waals surface area contributed by atoms with Crippen molar-refractivity contribution >= 4 is 11.9 Å². The van der Waals surface area contributed by atoms with Gasteiger partial charge in [0.2, 0.25) is 0 Å². The summed E-state index contributed by atoms with van der Waals surface area (Å²) >= 11 is 0. The number of nitrogens with one attached hydrogen (secondary N) is 1. The summed E-state index contributed by atoms with van der Waals surface area (Å²) in [5.74, 6) is -0.678. The van der Waals surface area contributed by atoms with Gasteiger partial charge in [0.05, 0.1) is 17.4 Å². The van der Waals surface area contributed by atoms with Crippen LogP contribution in [0.5, 0.6) is 0 Å². The molecule has 2 rings (SSSR count). The van der Waals surface area contributed by atoms with Crippen molar-refractivity contribution in [1.29, 1.82) is 0 Å². The van der Waals surface area contributed by atoms with Crippen molar-refractivity contribution in [1.82, 2.24) is 5.32 Å². The quantitative estimate of drug-likeness (QED) is 0.882. The molecule has 0 aliphatic heterocycles. The predicted octanol–water partition coefficient (Wildman–Crippen LogP) is 2.22. The Morgan fingerprint density at radius 3 is 2.74 bits per heavy atom. The van der Waals surface area contributed by atoms with Crippen molar-refractivity contribution in [3.63, 3.8) is 0 Å². The highest BCUT2D eigenvalue weighted by molar-refractivity contribution is 5.95. The minimum Gasteiger partial charge on any atom is -0.478 e. The van der Waals surface area contributed by atoms with Crippen LogP contribution in [0.25, 0.3) is 0 Å². The average molecular weight is 259 g/mol. The molecule has 0 aliphatic rings. The summed E-state index contributed by atoms with van der Waals surface area (Å²) in [5, 5.41) is 11.6. The van der Waals surface area contributed by atoms with Gasteiger partial charge >= 0.3 is 5.97 Å². The molecule has 1 aromatic heterocycles. The van der Waals surface area contributed by atoms with Crippen LogP contribution in [-0.2, 0) is 6.54 Å². The van der Waals surface area contributed by atoms with Crippen LogP contribution in [-0.4, -0.2) is 17.0 Å². The Kier molecular flexibility index (Phi) is 3.66. The van der Waals surface area contributed by atoms with E-state index in [0.717, 1.165) is 5.56 Å². The normalized spacial score (nSPS) is 10.2. The zero-order chi connectivity index (χ0) is 13.8. The number of carbonyl (C=O) groups is 2. The van der Waals surface area contributed by atoms with Crippen LogP contribution in [0.3, 0.4) is 0 Å². The third kappa shape index (κ3) is 3.01. The molecule has 0 atom stereocenters. The molecule has 0 radical (unpaired) electrons. The second kappa shape index (κ2) is 5.39. The Balaban J connectivity index is 2.03. The lowest BCUT2D eigenvalue weighted by molar-refractivity contribution is 0.0696. The molecular weight excluding hydrogens is 246 g/mol. The highest BCUT2D eigenvalue weighted by Gasteiger charge is 2.11. The molecule has 0 bridgehead atoms. The molecule has 2 N–H and O–H groups in total. The summed E-state index contributed by atoms with van der Waals surface area (Å²) in [5.41, 5.74) is 1.41. The number of carboxylic acids is 1. The Labute approximate surface area is 109 Å². The van der Waals surface area contributed by atoms with Crippen molar-refractivity contribution in [3.05, 3.63) is 59.0 Å². The molecule has 1 amide bonds. The molecule has 5 heteroatoms. The molecule has 0 saturated heterocycles. The van der Waals surface area contributed by atoms with Crippen LogP contribution in [0.1, 0.15) is 32.0 Å². The Bertz CT molecular complexity index is 615. The molecular formula is C14H13NO4. The summed E-state index contributed by atoms with van der Waals surface area (Å²) in [6.07, 6.45) is 1.45. The van der Waals surface area contributed by atoms with Gasteiger partial charge in [0.1, 0.15) is 5.76 Å². The second-order valence-electron chi connectivity index (χ2n) is 4.08. The van der Waals surface area contributed by atoms with Crippen molar-refractivity contribution < 1.29 is 19.1 Å². The molecule has 1 aromatic carbocycles. The highest BCUT2D eigenvalue weighted by Crippen LogP contribution is 2.09. The van der Waals surface area contributed by atoms with Gasteiger partial charge in [0.15, 0.2) is 0 Å². The lowest BCUT2D eigenvalue weighted by Gasteiger charge is -2.05. The van der Waals surface area contributed by atoms with Crippen molar-refractivity contribution in [2.75, 3.05) is 0 Å². The van der Waals surface area contributed by atoms with Gasteiger partial charge in [0, 0.05) is 6.54 Å². The minimum atomic E-state index is -0.987. The summed E-state index contributed by atoms with van der Waals surface area (Å²) in [7, 11) is 0. The van der Waals surface area contributed by atoms with Crippen molar-refractivity contribution in [2.24, 2.45) is 0 Å². The van der Waals surface area contributed by atoms with E-state index >= 15 is 0 Å².